The molecule has 2 rings (SSSR count). The van der Waals surface area contributed by atoms with E-state index in [9.17, 15) is 9.59 Å². The Morgan fingerprint density at radius 2 is 1.77 bits per heavy atom. The summed E-state index contributed by atoms with van der Waals surface area (Å²) < 4.78 is 5.41. The van der Waals surface area contributed by atoms with E-state index in [1.807, 2.05) is 63.2 Å². The number of benzene rings is 2. The van der Waals surface area contributed by atoms with Crippen LogP contribution in [0, 0.1) is 6.92 Å². The van der Waals surface area contributed by atoms with E-state index in [1.165, 1.54) is 0 Å². The summed E-state index contributed by atoms with van der Waals surface area (Å²) in [5, 5.41) is 5.73. The second-order valence-electron chi connectivity index (χ2n) is 6.11. The van der Waals surface area contributed by atoms with Crippen LogP contribution in [0.25, 0.3) is 0 Å². The third kappa shape index (κ3) is 5.62. The number of rotatable bonds is 8. The SMILES string of the molecule is CCOc1ccc([C@@H](C)NC(=O)CCNC(=O)c2ccccc2C)cc1. The maximum absolute atomic E-state index is 12.1. The molecule has 26 heavy (non-hydrogen) atoms. The van der Waals surface area contributed by atoms with Crippen LogP contribution in [0.2, 0.25) is 0 Å². The zero-order valence-electron chi connectivity index (χ0n) is 15.5. The number of hydrogen-bond acceptors (Lipinski definition) is 3. The molecule has 0 saturated heterocycles. The van der Waals surface area contributed by atoms with Crippen molar-refractivity contribution < 1.29 is 14.3 Å². The molecule has 1 atom stereocenters. The van der Waals surface area contributed by atoms with Gasteiger partial charge in [-0.15, -0.1) is 0 Å². The molecule has 2 amide bonds. The third-order valence-electron chi connectivity index (χ3n) is 4.10. The molecule has 0 aromatic heterocycles. The van der Waals surface area contributed by atoms with Crippen LogP contribution in [0.5, 0.6) is 5.75 Å². The Bertz CT molecular complexity index is 741. The minimum atomic E-state index is -0.157. The minimum absolute atomic E-state index is 0.100. The van der Waals surface area contributed by atoms with Gasteiger partial charge in [-0.2, -0.15) is 0 Å². The van der Waals surface area contributed by atoms with Crippen LogP contribution in [0.3, 0.4) is 0 Å². The Hall–Kier alpha value is -2.82. The minimum Gasteiger partial charge on any atom is -0.494 e. The molecule has 0 heterocycles. The Balaban J connectivity index is 1.77. The van der Waals surface area contributed by atoms with Crippen LogP contribution < -0.4 is 15.4 Å². The van der Waals surface area contributed by atoms with E-state index < -0.39 is 0 Å². The van der Waals surface area contributed by atoms with E-state index in [0.717, 1.165) is 16.9 Å². The molecule has 0 aliphatic rings. The largest absolute Gasteiger partial charge is 0.494 e. The third-order valence-corrected chi connectivity index (χ3v) is 4.10. The average Bonchev–Trinajstić information content (AvgIpc) is 2.62. The molecule has 0 fully saturated rings. The summed E-state index contributed by atoms with van der Waals surface area (Å²) in [6.45, 7) is 6.68. The Morgan fingerprint density at radius 3 is 2.42 bits per heavy atom. The molecule has 0 aliphatic carbocycles. The van der Waals surface area contributed by atoms with Gasteiger partial charge in [0.2, 0.25) is 5.91 Å². The van der Waals surface area contributed by atoms with Crippen molar-refractivity contribution in [2.24, 2.45) is 0 Å². The number of carbonyl (C=O) groups is 2. The maximum Gasteiger partial charge on any atom is 0.251 e. The molecule has 138 valence electrons. The monoisotopic (exact) mass is 354 g/mol. The van der Waals surface area contributed by atoms with Crippen LogP contribution in [0.1, 0.15) is 47.8 Å². The molecule has 0 radical (unpaired) electrons. The van der Waals surface area contributed by atoms with Crippen molar-refractivity contribution in [3.8, 4) is 5.75 Å². The molecular formula is C21H26N2O3. The van der Waals surface area contributed by atoms with Gasteiger partial charge in [0, 0.05) is 18.5 Å². The first-order valence-corrected chi connectivity index (χ1v) is 8.87. The number of nitrogens with one attached hydrogen (secondary N) is 2. The lowest BCUT2D eigenvalue weighted by molar-refractivity contribution is -0.121. The quantitative estimate of drug-likeness (QED) is 0.763. The highest BCUT2D eigenvalue weighted by atomic mass is 16.5. The molecule has 0 bridgehead atoms. The summed E-state index contributed by atoms with van der Waals surface area (Å²) in [4.78, 5) is 24.2. The van der Waals surface area contributed by atoms with E-state index in [2.05, 4.69) is 10.6 Å². The van der Waals surface area contributed by atoms with Crippen LogP contribution in [0.4, 0.5) is 0 Å². The summed E-state index contributed by atoms with van der Waals surface area (Å²) in [5.41, 5.74) is 2.56. The fraction of sp³-hybridized carbons (Fsp3) is 0.333. The fourth-order valence-corrected chi connectivity index (χ4v) is 2.63. The molecule has 0 spiro atoms. The lowest BCUT2D eigenvalue weighted by Gasteiger charge is -2.15. The Morgan fingerprint density at radius 1 is 1.08 bits per heavy atom. The number of hydrogen-bond donors (Lipinski definition) is 2. The van der Waals surface area contributed by atoms with Crippen LogP contribution in [-0.2, 0) is 4.79 Å². The van der Waals surface area contributed by atoms with E-state index in [1.54, 1.807) is 6.07 Å². The van der Waals surface area contributed by atoms with Gasteiger partial charge in [0.1, 0.15) is 5.75 Å². The average molecular weight is 354 g/mol. The van der Waals surface area contributed by atoms with E-state index in [0.29, 0.717) is 18.7 Å². The zero-order valence-corrected chi connectivity index (χ0v) is 15.5. The van der Waals surface area contributed by atoms with E-state index >= 15 is 0 Å². The highest BCUT2D eigenvalue weighted by molar-refractivity contribution is 5.95. The lowest BCUT2D eigenvalue weighted by atomic mass is 10.1. The summed E-state index contributed by atoms with van der Waals surface area (Å²) in [6, 6.07) is 14.9. The van der Waals surface area contributed by atoms with Crippen molar-refractivity contribution in [1.29, 1.82) is 0 Å². The summed E-state index contributed by atoms with van der Waals surface area (Å²) in [5.74, 6) is 0.556. The summed E-state index contributed by atoms with van der Waals surface area (Å²) >= 11 is 0. The molecule has 2 aromatic rings. The molecule has 5 heteroatoms. The molecule has 0 aliphatic heterocycles. The van der Waals surface area contributed by atoms with Crippen LogP contribution >= 0.6 is 0 Å². The molecular weight excluding hydrogens is 328 g/mol. The van der Waals surface area contributed by atoms with Gasteiger partial charge in [0.25, 0.3) is 5.91 Å². The van der Waals surface area contributed by atoms with Gasteiger partial charge in [0.05, 0.1) is 12.6 Å². The van der Waals surface area contributed by atoms with Gasteiger partial charge in [-0.3, -0.25) is 9.59 Å². The van der Waals surface area contributed by atoms with Gasteiger partial charge in [-0.05, 0) is 50.1 Å². The van der Waals surface area contributed by atoms with Gasteiger partial charge in [-0.25, -0.2) is 0 Å². The molecule has 2 N–H and O–H groups in total. The van der Waals surface area contributed by atoms with E-state index in [-0.39, 0.29) is 24.3 Å². The predicted molar refractivity (Wildman–Crippen MR) is 102 cm³/mol. The number of aryl methyl sites for hydroxylation is 1. The smallest absolute Gasteiger partial charge is 0.251 e. The van der Waals surface area contributed by atoms with Crippen molar-refractivity contribution in [2.75, 3.05) is 13.2 Å². The topological polar surface area (TPSA) is 67.4 Å². The second kappa shape index (κ2) is 9.61. The van der Waals surface area contributed by atoms with Crippen LogP contribution in [0.15, 0.2) is 48.5 Å². The zero-order chi connectivity index (χ0) is 18.9. The highest BCUT2D eigenvalue weighted by Gasteiger charge is 2.11. The number of carbonyl (C=O) groups excluding carboxylic acids is 2. The molecule has 0 saturated carbocycles. The summed E-state index contributed by atoms with van der Waals surface area (Å²) in [7, 11) is 0. The van der Waals surface area contributed by atoms with Gasteiger partial charge >= 0.3 is 0 Å². The van der Waals surface area contributed by atoms with Gasteiger partial charge < -0.3 is 15.4 Å². The highest BCUT2D eigenvalue weighted by Crippen LogP contribution is 2.17. The van der Waals surface area contributed by atoms with Crippen LogP contribution in [-0.4, -0.2) is 25.0 Å². The van der Waals surface area contributed by atoms with Crippen molar-refractivity contribution in [3.63, 3.8) is 0 Å². The van der Waals surface area contributed by atoms with E-state index in [4.69, 9.17) is 4.74 Å². The maximum atomic E-state index is 12.1. The predicted octanol–water partition coefficient (Wildman–Crippen LogP) is 3.39. The second-order valence-corrected chi connectivity index (χ2v) is 6.11. The first-order valence-electron chi connectivity index (χ1n) is 8.87. The summed E-state index contributed by atoms with van der Waals surface area (Å²) in [6.07, 6.45) is 0.235. The standard InChI is InChI=1S/C21H26N2O3/c1-4-26-18-11-9-17(10-12-18)16(3)23-20(24)13-14-22-21(25)19-8-6-5-7-15(19)2/h5-12,16H,4,13-14H2,1-3H3,(H,22,25)(H,23,24)/t16-/m1/s1. The van der Waals surface area contributed by atoms with Crippen molar-refractivity contribution >= 4 is 11.8 Å². The lowest BCUT2D eigenvalue weighted by Crippen LogP contribution is -2.32. The fourth-order valence-electron chi connectivity index (χ4n) is 2.63. The normalized spacial score (nSPS) is 11.5. The van der Waals surface area contributed by atoms with Gasteiger partial charge in [0.15, 0.2) is 0 Å². The Labute approximate surface area is 154 Å². The van der Waals surface area contributed by atoms with Crippen molar-refractivity contribution in [1.82, 2.24) is 10.6 Å². The van der Waals surface area contributed by atoms with Crippen molar-refractivity contribution in [2.45, 2.75) is 33.2 Å². The molecule has 2 aromatic carbocycles. The number of ether oxygens (including phenoxy) is 1. The first kappa shape index (κ1) is 19.5. The Kier molecular flexibility index (Phi) is 7.21. The van der Waals surface area contributed by atoms with Crippen molar-refractivity contribution in [3.05, 3.63) is 65.2 Å². The first-order chi connectivity index (χ1) is 12.5. The molecule has 5 nitrogen and oxygen atoms in total. The number of amides is 2. The van der Waals surface area contributed by atoms with Gasteiger partial charge in [-0.1, -0.05) is 30.3 Å². The molecule has 0 unspecified atom stereocenters.